The van der Waals surface area contributed by atoms with Crippen LogP contribution in [0, 0.1) is 0 Å². The summed E-state index contributed by atoms with van der Waals surface area (Å²) >= 11 is 0. The number of ether oxygens (including phenoxy) is 2. The largest absolute Gasteiger partial charge is 0.491 e. The van der Waals surface area contributed by atoms with Crippen molar-refractivity contribution < 1.29 is 22.6 Å². The molecular weight excluding hydrogens is 297 g/mol. The Balaban J connectivity index is 2.19. The highest BCUT2D eigenvalue weighted by Gasteiger charge is 2.35. The van der Waals surface area contributed by atoms with E-state index in [0.717, 1.165) is 26.2 Å². The third-order valence-corrected chi connectivity index (χ3v) is 3.68. The summed E-state index contributed by atoms with van der Waals surface area (Å²) in [6.07, 6.45) is -4.44. The van der Waals surface area contributed by atoms with Gasteiger partial charge in [0.15, 0.2) is 0 Å². The summed E-state index contributed by atoms with van der Waals surface area (Å²) < 4.78 is 49.7. The molecule has 1 aromatic rings. The van der Waals surface area contributed by atoms with E-state index >= 15 is 0 Å². The molecule has 0 amide bonds. The Morgan fingerprint density at radius 3 is 2.36 bits per heavy atom. The summed E-state index contributed by atoms with van der Waals surface area (Å²) in [5, 5.41) is 0. The predicted octanol–water partition coefficient (Wildman–Crippen LogP) is 2.48. The number of rotatable bonds is 5. The minimum atomic E-state index is -4.44. The van der Waals surface area contributed by atoms with Crippen molar-refractivity contribution >= 4 is 5.69 Å². The standard InChI is InChI=1S/C15H21F3N2O2/c1-19-5-7-20(8-6-19)12-3-4-14(22-10-9-21-2)13(11-12)15(16,17)18/h3-4,11H,5-10H2,1-2H3. The number of halogens is 3. The normalized spacial score (nSPS) is 16.9. The van der Waals surface area contributed by atoms with E-state index in [1.54, 1.807) is 6.07 Å². The van der Waals surface area contributed by atoms with Gasteiger partial charge in [-0.1, -0.05) is 0 Å². The molecule has 0 atom stereocenters. The molecule has 4 nitrogen and oxygen atoms in total. The zero-order chi connectivity index (χ0) is 16.2. The van der Waals surface area contributed by atoms with Crippen LogP contribution in [0.1, 0.15) is 5.56 Å². The zero-order valence-electron chi connectivity index (χ0n) is 12.8. The first-order chi connectivity index (χ1) is 10.4. The fraction of sp³-hybridized carbons (Fsp3) is 0.600. The summed E-state index contributed by atoms with van der Waals surface area (Å²) in [4.78, 5) is 4.12. The topological polar surface area (TPSA) is 24.9 Å². The van der Waals surface area contributed by atoms with E-state index in [9.17, 15) is 13.2 Å². The number of hydrogen-bond donors (Lipinski definition) is 0. The van der Waals surface area contributed by atoms with Gasteiger partial charge in [0.1, 0.15) is 12.4 Å². The lowest BCUT2D eigenvalue weighted by Crippen LogP contribution is -2.44. The molecule has 22 heavy (non-hydrogen) atoms. The molecule has 124 valence electrons. The highest BCUT2D eigenvalue weighted by molar-refractivity contribution is 5.54. The summed E-state index contributed by atoms with van der Waals surface area (Å²) in [5.74, 6) is -0.151. The second-order valence-electron chi connectivity index (χ2n) is 5.31. The van der Waals surface area contributed by atoms with Gasteiger partial charge in [-0.05, 0) is 25.2 Å². The molecule has 1 fully saturated rings. The average Bonchev–Trinajstić information content (AvgIpc) is 2.47. The molecule has 0 bridgehead atoms. The summed E-state index contributed by atoms with van der Waals surface area (Å²) in [7, 11) is 3.48. The number of piperazine rings is 1. The van der Waals surface area contributed by atoms with Crippen molar-refractivity contribution in [2.24, 2.45) is 0 Å². The van der Waals surface area contributed by atoms with Crippen LogP contribution >= 0.6 is 0 Å². The molecule has 1 saturated heterocycles. The Morgan fingerprint density at radius 1 is 1.09 bits per heavy atom. The molecule has 1 aliphatic heterocycles. The van der Waals surface area contributed by atoms with E-state index in [-0.39, 0.29) is 19.0 Å². The van der Waals surface area contributed by atoms with E-state index in [4.69, 9.17) is 9.47 Å². The van der Waals surface area contributed by atoms with Crippen molar-refractivity contribution in [3.63, 3.8) is 0 Å². The number of anilines is 1. The van der Waals surface area contributed by atoms with Gasteiger partial charge in [0, 0.05) is 39.0 Å². The minimum absolute atomic E-state index is 0.0907. The molecular formula is C15H21F3N2O2. The Labute approximate surface area is 128 Å². The number of benzene rings is 1. The molecule has 0 unspecified atom stereocenters. The first kappa shape index (κ1) is 16.9. The third kappa shape index (κ3) is 4.27. The van der Waals surface area contributed by atoms with Gasteiger partial charge in [0.05, 0.1) is 12.2 Å². The van der Waals surface area contributed by atoms with Crippen LogP contribution in [0.15, 0.2) is 18.2 Å². The van der Waals surface area contributed by atoms with Gasteiger partial charge in [0.25, 0.3) is 0 Å². The van der Waals surface area contributed by atoms with Gasteiger partial charge in [-0.3, -0.25) is 0 Å². The van der Waals surface area contributed by atoms with Crippen LogP contribution in [0.4, 0.5) is 18.9 Å². The predicted molar refractivity (Wildman–Crippen MR) is 78.5 cm³/mol. The smallest absolute Gasteiger partial charge is 0.420 e. The van der Waals surface area contributed by atoms with E-state index in [2.05, 4.69) is 4.90 Å². The van der Waals surface area contributed by atoms with Gasteiger partial charge < -0.3 is 19.3 Å². The molecule has 0 aliphatic carbocycles. The van der Waals surface area contributed by atoms with Gasteiger partial charge in [0.2, 0.25) is 0 Å². The van der Waals surface area contributed by atoms with E-state index < -0.39 is 11.7 Å². The molecule has 0 radical (unpaired) electrons. The van der Waals surface area contributed by atoms with Gasteiger partial charge >= 0.3 is 6.18 Å². The van der Waals surface area contributed by atoms with Gasteiger partial charge in [-0.2, -0.15) is 13.2 Å². The Kier molecular flexibility index (Phi) is 5.52. The first-order valence-electron chi connectivity index (χ1n) is 7.18. The van der Waals surface area contributed by atoms with Crippen LogP contribution in [-0.4, -0.2) is 58.5 Å². The lowest BCUT2D eigenvalue weighted by atomic mass is 10.1. The SMILES string of the molecule is COCCOc1ccc(N2CCN(C)CC2)cc1C(F)(F)F. The molecule has 1 aromatic carbocycles. The maximum Gasteiger partial charge on any atom is 0.420 e. The van der Waals surface area contributed by atoms with Crippen LogP contribution in [0.25, 0.3) is 0 Å². The Morgan fingerprint density at radius 2 is 1.77 bits per heavy atom. The van der Waals surface area contributed by atoms with Crippen molar-refractivity contribution in [3.8, 4) is 5.75 Å². The number of likely N-dealkylation sites (N-methyl/N-ethyl adjacent to an activating group) is 1. The highest BCUT2D eigenvalue weighted by Crippen LogP contribution is 2.38. The minimum Gasteiger partial charge on any atom is -0.491 e. The maximum atomic E-state index is 13.2. The molecule has 0 spiro atoms. The Bertz CT molecular complexity index is 486. The fourth-order valence-corrected chi connectivity index (χ4v) is 2.36. The fourth-order valence-electron chi connectivity index (χ4n) is 2.36. The number of nitrogens with zero attached hydrogens (tertiary/aromatic N) is 2. The number of methoxy groups -OCH3 is 1. The van der Waals surface area contributed by atoms with Gasteiger partial charge in [-0.15, -0.1) is 0 Å². The van der Waals surface area contributed by atoms with Crippen molar-refractivity contribution in [2.45, 2.75) is 6.18 Å². The third-order valence-electron chi connectivity index (χ3n) is 3.68. The molecule has 7 heteroatoms. The van der Waals surface area contributed by atoms with Crippen molar-refractivity contribution in [1.82, 2.24) is 4.90 Å². The summed E-state index contributed by atoms with van der Waals surface area (Å²) in [6, 6.07) is 4.25. The van der Waals surface area contributed by atoms with Crippen molar-refractivity contribution in [3.05, 3.63) is 23.8 Å². The van der Waals surface area contributed by atoms with E-state index in [0.29, 0.717) is 5.69 Å². The van der Waals surface area contributed by atoms with Crippen molar-refractivity contribution in [1.29, 1.82) is 0 Å². The molecule has 1 heterocycles. The first-order valence-corrected chi connectivity index (χ1v) is 7.18. The zero-order valence-corrected chi connectivity index (χ0v) is 12.8. The molecule has 2 rings (SSSR count). The second kappa shape index (κ2) is 7.19. The molecule has 0 N–H and O–H groups in total. The van der Waals surface area contributed by atoms with Crippen molar-refractivity contribution in [2.75, 3.05) is 58.5 Å². The Hall–Kier alpha value is -1.47. The van der Waals surface area contributed by atoms with Gasteiger partial charge in [-0.25, -0.2) is 0 Å². The van der Waals surface area contributed by atoms with Crippen LogP contribution in [0.2, 0.25) is 0 Å². The average molecular weight is 318 g/mol. The lowest BCUT2D eigenvalue weighted by molar-refractivity contribution is -0.139. The lowest BCUT2D eigenvalue weighted by Gasteiger charge is -2.34. The quantitative estimate of drug-likeness (QED) is 0.779. The maximum absolute atomic E-state index is 13.2. The summed E-state index contributed by atoms with van der Waals surface area (Å²) in [5.41, 5.74) is -0.153. The van der Waals surface area contributed by atoms with Crippen LogP contribution in [0.5, 0.6) is 5.75 Å². The monoisotopic (exact) mass is 318 g/mol. The molecule has 0 aromatic heterocycles. The van der Waals surface area contributed by atoms with E-state index in [1.807, 2.05) is 11.9 Å². The van der Waals surface area contributed by atoms with Crippen LogP contribution in [-0.2, 0) is 10.9 Å². The van der Waals surface area contributed by atoms with Crippen LogP contribution in [0.3, 0.4) is 0 Å². The second-order valence-corrected chi connectivity index (χ2v) is 5.31. The number of alkyl halides is 3. The summed E-state index contributed by atoms with van der Waals surface area (Å²) in [6.45, 7) is 3.46. The molecule has 1 aliphatic rings. The highest BCUT2D eigenvalue weighted by atomic mass is 19.4. The molecule has 0 saturated carbocycles. The van der Waals surface area contributed by atoms with Crippen LogP contribution < -0.4 is 9.64 Å². The van der Waals surface area contributed by atoms with E-state index in [1.165, 1.54) is 19.2 Å². The number of hydrogen-bond acceptors (Lipinski definition) is 4.